The number of piperidine rings is 2. The number of carbonyl (C=O) groups is 1. The van der Waals surface area contributed by atoms with Crippen molar-refractivity contribution in [1.82, 2.24) is 20.1 Å². The molecule has 1 N–H and O–H groups in total. The molecule has 1 unspecified atom stereocenters. The molecule has 3 heterocycles. The number of rotatable bonds is 6. The van der Waals surface area contributed by atoms with Crippen LogP contribution in [0.2, 0.25) is 0 Å². The minimum Gasteiger partial charge on any atom is -0.353 e. The minimum absolute atomic E-state index is 0.0233. The Bertz CT molecular complexity index is 533. The van der Waals surface area contributed by atoms with E-state index in [1.807, 2.05) is 12.4 Å². The zero-order chi connectivity index (χ0) is 17.5. The normalized spacial score (nSPS) is 23.5. The van der Waals surface area contributed by atoms with E-state index < -0.39 is 6.67 Å². The molecule has 2 aliphatic rings. The Morgan fingerprint density at radius 2 is 1.96 bits per heavy atom. The first-order valence-electron chi connectivity index (χ1n) is 9.45. The molecule has 1 amide bonds. The van der Waals surface area contributed by atoms with E-state index in [1.54, 1.807) is 0 Å². The van der Waals surface area contributed by atoms with Crippen LogP contribution in [0, 0.1) is 5.92 Å². The fraction of sp³-hybridized carbons (Fsp3) is 0.684. The molecule has 138 valence electrons. The summed E-state index contributed by atoms with van der Waals surface area (Å²) in [6, 6.07) is 4.74. The topological polar surface area (TPSA) is 48.5 Å². The number of carbonyl (C=O) groups excluding carboxylic acids is 1. The van der Waals surface area contributed by atoms with Gasteiger partial charge in [0.25, 0.3) is 0 Å². The molecule has 1 atom stereocenters. The van der Waals surface area contributed by atoms with Gasteiger partial charge in [-0.25, -0.2) is 4.39 Å². The van der Waals surface area contributed by atoms with Gasteiger partial charge in [-0.1, -0.05) is 0 Å². The average Bonchev–Trinajstić information content (AvgIpc) is 2.67. The van der Waals surface area contributed by atoms with Crippen molar-refractivity contribution in [2.45, 2.75) is 38.3 Å². The summed E-state index contributed by atoms with van der Waals surface area (Å²) in [5, 5.41) is 2.71. The zero-order valence-electron chi connectivity index (χ0n) is 14.9. The predicted molar refractivity (Wildman–Crippen MR) is 95.8 cm³/mol. The fourth-order valence-corrected chi connectivity index (χ4v) is 4.06. The highest BCUT2D eigenvalue weighted by molar-refractivity contribution is 5.78. The van der Waals surface area contributed by atoms with Crippen molar-refractivity contribution < 1.29 is 9.18 Å². The van der Waals surface area contributed by atoms with Gasteiger partial charge in [0.15, 0.2) is 0 Å². The van der Waals surface area contributed by atoms with Crippen molar-refractivity contribution >= 4 is 5.91 Å². The number of aromatic nitrogens is 1. The van der Waals surface area contributed by atoms with Crippen LogP contribution in [0.4, 0.5) is 4.39 Å². The van der Waals surface area contributed by atoms with Crippen molar-refractivity contribution in [3.8, 4) is 0 Å². The largest absolute Gasteiger partial charge is 0.353 e. The van der Waals surface area contributed by atoms with Gasteiger partial charge in [-0.2, -0.15) is 0 Å². The molecular formula is C19H29FN4O. The molecule has 0 radical (unpaired) electrons. The van der Waals surface area contributed by atoms with E-state index in [1.165, 1.54) is 5.56 Å². The lowest BCUT2D eigenvalue weighted by Crippen LogP contribution is -2.50. The Morgan fingerprint density at radius 1 is 1.20 bits per heavy atom. The first kappa shape index (κ1) is 18.3. The average molecular weight is 348 g/mol. The number of nitrogens with one attached hydrogen (secondary N) is 1. The Kier molecular flexibility index (Phi) is 6.76. The van der Waals surface area contributed by atoms with E-state index >= 15 is 0 Å². The van der Waals surface area contributed by atoms with E-state index in [0.717, 1.165) is 58.4 Å². The van der Waals surface area contributed by atoms with Gasteiger partial charge in [0.05, 0.1) is 5.92 Å². The molecule has 2 saturated heterocycles. The fourth-order valence-electron chi connectivity index (χ4n) is 4.06. The van der Waals surface area contributed by atoms with Gasteiger partial charge in [-0.15, -0.1) is 0 Å². The van der Waals surface area contributed by atoms with Gasteiger partial charge in [0.1, 0.15) is 6.67 Å². The second-order valence-corrected chi connectivity index (χ2v) is 7.18. The molecule has 2 fully saturated rings. The molecule has 1 aromatic rings. The molecule has 0 saturated carbocycles. The third-order valence-corrected chi connectivity index (χ3v) is 5.45. The van der Waals surface area contributed by atoms with E-state index in [-0.39, 0.29) is 18.4 Å². The minimum atomic E-state index is -0.488. The SMILES string of the molecule is O=C(NCCF)C1CCCN(C2CCN(Cc3ccncc3)CC2)C1. The monoisotopic (exact) mass is 348 g/mol. The van der Waals surface area contributed by atoms with Crippen LogP contribution in [0.1, 0.15) is 31.2 Å². The molecule has 5 nitrogen and oxygen atoms in total. The second kappa shape index (κ2) is 9.25. The van der Waals surface area contributed by atoms with Gasteiger partial charge in [-0.3, -0.25) is 19.6 Å². The highest BCUT2D eigenvalue weighted by Gasteiger charge is 2.31. The van der Waals surface area contributed by atoms with E-state index in [9.17, 15) is 9.18 Å². The maximum absolute atomic E-state index is 12.2. The highest BCUT2D eigenvalue weighted by atomic mass is 19.1. The lowest BCUT2D eigenvalue weighted by molar-refractivity contribution is -0.127. The Hall–Kier alpha value is -1.53. The smallest absolute Gasteiger partial charge is 0.224 e. The summed E-state index contributed by atoms with van der Waals surface area (Å²) in [4.78, 5) is 21.2. The molecule has 0 bridgehead atoms. The van der Waals surface area contributed by atoms with Gasteiger partial charge in [-0.05, 0) is 63.0 Å². The zero-order valence-corrected chi connectivity index (χ0v) is 14.9. The number of hydrogen-bond donors (Lipinski definition) is 1. The van der Waals surface area contributed by atoms with Crippen LogP contribution in [-0.2, 0) is 11.3 Å². The quantitative estimate of drug-likeness (QED) is 0.852. The standard InChI is InChI=1S/C19H29FN4O/c20-7-10-22-19(25)17-2-1-11-24(15-17)18-5-12-23(13-6-18)14-16-3-8-21-9-4-16/h3-4,8-9,17-18H,1-2,5-7,10-15H2,(H,22,25). The number of halogens is 1. The number of likely N-dealkylation sites (tertiary alicyclic amines) is 2. The number of pyridine rings is 1. The van der Waals surface area contributed by atoms with Crippen molar-refractivity contribution in [2.24, 2.45) is 5.92 Å². The summed E-state index contributed by atoms with van der Waals surface area (Å²) in [5.74, 6) is 0.0487. The summed E-state index contributed by atoms with van der Waals surface area (Å²) >= 11 is 0. The molecular weight excluding hydrogens is 319 g/mol. The molecule has 0 aliphatic carbocycles. The predicted octanol–water partition coefficient (Wildman–Crippen LogP) is 1.84. The van der Waals surface area contributed by atoms with Gasteiger partial charge in [0, 0.05) is 38.1 Å². The molecule has 0 aromatic carbocycles. The number of nitrogens with zero attached hydrogens (tertiary/aromatic N) is 3. The molecule has 6 heteroatoms. The summed E-state index contributed by atoms with van der Waals surface area (Å²) in [6.07, 6.45) is 8.00. The maximum Gasteiger partial charge on any atom is 0.224 e. The Balaban J connectivity index is 1.45. The summed E-state index contributed by atoms with van der Waals surface area (Å²) in [6.45, 7) is 4.75. The van der Waals surface area contributed by atoms with Crippen molar-refractivity contribution in [3.05, 3.63) is 30.1 Å². The Morgan fingerprint density at radius 3 is 2.68 bits per heavy atom. The van der Waals surface area contributed by atoms with E-state index in [2.05, 4.69) is 32.2 Å². The van der Waals surface area contributed by atoms with Crippen LogP contribution in [-0.4, -0.2) is 66.1 Å². The molecule has 1 aromatic heterocycles. The first-order chi connectivity index (χ1) is 12.3. The molecule has 2 aliphatic heterocycles. The van der Waals surface area contributed by atoms with Crippen molar-refractivity contribution in [2.75, 3.05) is 39.4 Å². The van der Waals surface area contributed by atoms with Crippen molar-refractivity contribution in [3.63, 3.8) is 0 Å². The summed E-state index contributed by atoms with van der Waals surface area (Å²) in [5.41, 5.74) is 1.32. The molecule has 3 rings (SSSR count). The van der Waals surface area contributed by atoms with Crippen LogP contribution in [0.5, 0.6) is 0 Å². The van der Waals surface area contributed by atoms with E-state index in [0.29, 0.717) is 6.04 Å². The summed E-state index contributed by atoms with van der Waals surface area (Å²) in [7, 11) is 0. The first-order valence-corrected chi connectivity index (χ1v) is 9.45. The van der Waals surface area contributed by atoms with Crippen LogP contribution >= 0.6 is 0 Å². The lowest BCUT2D eigenvalue weighted by Gasteiger charge is -2.42. The number of amides is 1. The third-order valence-electron chi connectivity index (χ3n) is 5.45. The number of hydrogen-bond acceptors (Lipinski definition) is 4. The highest BCUT2D eigenvalue weighted by Crippen LogP contribution is 2.24. The van der Waals surface area contributed by atoms with Gasteiger partial charge in [0.2, 0.25) is 5.91 Å². The van der Waals surface area contributed by atoms with E-state index in [4.69, 9.17) is 0 Å². The van der Waals surface area contributed by atoms with Crippen LogP contribution in [0.25, 0.3) is 0 Å². The second-order valence-electron chi connectivity index (χ2n) is 7.18. The lowest BCUT2D eigenvalue weighted by atomic mass is 9.93. The molecule has 25 heavy (non-hydrogen) atoms. The maximum atomic E-state index is 12.2. The van der Waals surface area contributed by atoms with Crippen LogP contribution < -0.4 is 5.32 Å². The Labute approximate surface area is 149 Å². The summed E-state index contributed by atoms with van der Waals surface area (Å²) < 4.78 is 12.2. The number of alkyl halides is 1. The van der Waals surface area contributed by atoms with Gasteiger partial charge < -0.3 is 5.32 Å². The van der Waals surface area contributed by atoms with Crippen LogP contribution in [0.15, 0.2) is 24.5 Å². The van der Waals surface area contributed by atoms with Crippen LogP contribution in [0.3, 0.4) is 0 Å². The van der Waals surface area contributed by atoms with Crippen molar-refractivity contribution in [1.29, 1.82) is 0 Å². The van der Waals surface area contributed by atoms with Gasteiger partial charge >= 0.3 is 0 Å². The third kappa shape index (κ3) is 5.22. The molecule has 0 spiro atoms.